The normalized spacial score (nSPS) is 14.7. The lowest BCUT2D eigenvalue weighted by atomic mass is 10.2. The van der Waals surface area contributed by atoms with E-state index in [0.717, 1.165) is 16.2 Å². The summed E-state index contributed by atoms with van der Waals surface area (Å²) in [6, 6.07) is 7.34. The van der Waals surface area contributed by atoms with Gasteiger partial charge in [0.25, 0.3) is 0 Å². The van der Waals surface area contributed by atoms with Gasteiger partial charge in [0.05, 0.1) is 19.6 Å². The van der Waals surface area contributed by atoms with Crippen molar-refractivity contribution < 1.29 is 9.59 Å². The maximum atomic E-state index is 11.3. The Kier molecular flexibility index (Phi) is 6.40. The fraction of sp³-hybridized carbons (Fsp3) is 0.308. The quantitative estimate of drug-likeness (QED) is 0.301. The molecule has 8 heteroatoms. The summed E-state index contributed by atoms with van der Waals surface area (Å²) in [4.78, 5) is 27.8. The molecule has 0 unspecified atom stereocenters. The van der Waals surface area contributed by atoms with Gasteiger partial charge in [-0.2, -0.15) is 0 Å². The number of urea groups is 1. The summed E-state index contributed by atoms with van der Waals surface area (Å²) in [5, 5.41) is 5.40. The largest absolute Gasteiger partial charge is 0.370 e. The number of imide groups is 1. The molecule has 7 nitrogen and oxygen atoms in total. The van der Waals surface area contributed by atoms with E-state index in [1.807, 2.05) is 31.2 Å². The molecule has 2 rings (SSSR count). The van der Waals surface area contributed by atoms with Crippen LogP contribution < -0.4 is 16.4 Å². The van der Waals surface area contributed by atoms with Crippen molar-refractivity contribution in [2.75, 3.05) is 25.0 Å². The number of hydrogen-bond donors (Lipinski definition) is 3. The minimum Gasteiger partial charge on any atom is -0.370 e. The highest BCUT2D eigenvalue weighted by Gasteiger charge is 2.27. The average Bonchev–Trinajstić information content (AvgIpc) is 2.70. The number of nitrogens with two attached hydrogens (primary N) is 1. The summed E-state index contributed by atoms with van der Waals surface area (Å²) >= 11 is 0. The van der Waals surface area contributed by atoms with Crippen LogP contribution in [0.4, 0.5) is 10.5 Å². The van der Waals surface area contributed by atoms with E-state index in [-0.39, 0.29) is 61.5 Å². The summed E-state index contributed by atoms with van der Waals surface area (Å²) in [5.74, 6) is 0.0121. The second-order valence-electron chi connectivity index (χ2n) is 4.47. The third-order valence-corrected chi connectivity index (χ3v) is 2.83. The van der Waals surface area contributed by atoms with Gasteiger partial charge in [-0.3, -0.25) is 14.7 Å². The first kappa shape index (κ1) is 17.2. The topological polar surface area (TPSA) is 99.8 Å². The number of amides is 3. The number of benzene rings is 1. The zero-order valence-corrected chi connectivity index (χ0v) is 14.0. The van der Waals surface area contributed by atoms with E-state index in [1.165, 1.54) is 0 Å². The van der Waals surface area contributed by atoms with E-state index in [9.17, 15) is 9.59 Å². The van der Waals surface area contributed by atoms with E-state index < -0.39 is 0 Å². The molecule has 1 saturated heterocycles. The summed E-state index contributed by atoms with van der Waals surface area (Å²) in [7, 11) is 0. The van der Waals surface area contributed by atoms with Crippen LogP contribution in [0.3, 0.4) is 0 Å². The number of aryl methyl sites for hydroxylation is 1. The molecule has 3 amide bonds. The molecule has 0 aliphatic carbocycles. The number of nitrogens with one attached hydrogen (secondary N) is 2. The number of halogens is 1. The third kappa shape index (κ3) is 4.88. The first-order valence-electron chi connectivity index (χ1n) is 6.28. The monoisotopic (exact) mass is 403 g/mol. The molecule has 1 fully saturated rings. The number of carbonyl (C=O) groups excluding carboxylic acids is 2. The minimum atomic E-state index is -0.379. The molecular weight excluding hydrogens is 385 g/mol. The molecule has 0 spiro atoms. The lowest BCUT2D eigenvalue weighted by Crippen LogP contribution is -2.34. The van der Waals surface area contributed by atoms with Gasteiger partial charge in [0, 0.05) is 5.69 Å². The van der Waals surface area contributed by atoms with Crippen molar-refractivity contribution in [3.63, 3.8) is 0 Å². The molecule has 0 aromatic heterocycles. The van der Waals surface area contributed by atoms with Gasteiger partial charge < -0.3 is 16.4 Å². The first-order chi connectivity index (χ1) is 9.56. The van der Waals surface area contributed by atoms with Crippen molar-refractivity contribution >= 4 is 47.6 Å². The van der Waals surface area contributed by atoms with Crippen LogP contribution >= 0.6 is 24.0 Å². The molecule has 0 saturated carbocycles. The molecule has 0 radical (unpaired) electrons. The number of guanidine groups is 1. The molecule has 1 heterocycles. The van der Waals surface area contributed by atoms with Crippen LogP contribution in [0, 0.1) is 6.92 Å². The molecule has 1 aliphatic rings. The predicted molar refractivity (Wildman–Crippen MR) is 91.8 cm³/mol. The van der Waals surface area contributed by atoms with Crippen molar-refractivity contribution in [1.82, 2.24) is 10.2 Å². The van der Waals surface area contributed by atoms with Crippen LogP contribution in [-0.2, 0) is 4.79 Å². The lowest BCUT2D eigenvalue weighted by Gasteiger charge is -2.11. The zero-order chi connectivity index (χ0) is 14.5. The number of hydrogen-bond acceptors (Lipinski definition) is 3. The zero-order valence-electron chi connectivity index (χ0n) is 11.6. The maximum absolute atomic E-state index is 11.3. The minimum absolute atomic E-state index is 0. The van der Waals surface area contributed by atoms with Gasteiger partial charge in [-0.15, -0.1) is 24.0 Å². The van der Waals surface area contributed by atoms with Crippen LogP contribution in [0.15, 0.2) is 29.3 Å². The number of nitrogens with zero attached hydrogens (tertiary/aromatic N) is 2. The Morgan fingerprint density at radius 1 is 1.48 bits per heavy atom. The second kappa shape index (κ2) is 7.81. The number of anilines is 1. The Balaban J connectivity index is 0.00000220. The summed E-state index contributed by atoms with van der Waals surface area (Å²) in [5.41, 5.74) is 7.71. The Morgan fingerprint density at radius 2 is 2.24 bits per heavy atom. The number of rotatable bonds is 4. The van der Waals surface area contributed by atoms with Crippen LogP contribution in [0.1, 0.15) is 5.56 Å². The standard InChI is InChI=1S/C13H17N5O2.HI/c1-9-3-2-4-10(7-9)17-12(14)15-5-6-18-11(19)8-16-13(18)20;/h2-4,7H,5-6,8H2,1H3,(H,16,20)(H3,14,15,17);1H. The van der Waals surface area contributed by atoms with Crippen molar-refractivity contribution in [2.24, 2.45) is 10.7 Å². The molecule has 1 aromatic rings. The highest BCUT2D eigenvalue weighted by molar-refractivity contribution is 14.0. The van der Waals surface area contributed by atoms with Gasteiger partial charge in [-0.05, 0) is 24.6 Å². The first-order valence-corrected chi connectivity index (χ1v) is 6.28. The van der Waals surface area contributed by atoms with Crippen LogP contribution in [0.2, 0.25) is 0 Å². The number of aliphatic imine (C=N–C) groups is 1. The van der Waals surface area contributed by atoms with Gasteiger partial charge in [0.15, 0.2) is 5.96 Å². The molecule has 0 bridgehead atoms. The molecule has 21 heavy (non-hydrogen) atoms. The van der Waals surface area contributed by atoms with Crippen LogP contribution in [0.25, 0.3) is 0 Å². The fourth-order valence-corrected chi connectivity index (χ4v) is 1.86. The van der Waals surface area contributed by atoms with Crippen molar-refractivity contribution in [3.05, 3.63) is 29.8 Å². The van der Waals surface area contributed by atoms with Crippen molar-refractivity contribution in [3.8, 4) is 0 Å². The Hall–Kier alpha value is -1.84. The van der Waals surface area contributed by atoms with Crippen molar-refractivity contribution in [1.29, 1.82) is 0 Å². The maximum Gasteiger partial charge on any atom is 0.324 e. The molecule has 114 valence electrons. The molecule has 0 atom stereocenters. The van der Waals surface area contributed by atoms with Gasteiger partial charge in [0.1, 0.15) is 0 Å². The Morgan fingerprint density at radius 3 is 2.86 bits per heavy atom. The third-order valence-electron chi connectivity index (χ3n) is 2.83. The molecule has 1 aliphatic heterocycles. The molecular formula is C13H18IN5O2. The van der Waals surface area contributed by atoms with Gasteiger partial charge >= 0.3 is 6.03 Å². The van der Waals surface area contributed by atoms with Crippen LogP contribution in [-0.4, -0.2) is 42.4 Å². The summed E-state index contributed by atoms with van der Waals surface area (Å²) in [6.45, 7) is 2.53. The number of carbonyl (C=O) groups is 2. The Labute approximate surface area is 140 Å². The lowest BCUT2D eigenvalue weighted by molar-refractivity contribution is -0.124. The van der Waals surface area contributed by atoms with E-state index in [0.29, 0.717) is 0 Å². The fourth-order valence-electron chi connectivity index (χ4n) is 1.86. The summed E-state index contributed by atoms with van der Waals surface area (Å²) in [6.07, 6.45) is 0. The smallest absolute Gasteiger partial charge is 0.324 e. The van der Waals surface area contributed by atoms with Gasteiger partial charge in [0.2, 0.25) is 5.91 Å². The van der Waals surface area contributed by atoms with E-state index in [2.05, 4.69) is 15.6 Å². The molecule has 4 N–H and O–H groups in total. The van der Waals surface area contributed by atoms with Gasteiger partial charge in [-0.25, -0.2) is 4.79 Å². The highest BCUT2D eigenvalue weighted by atomic mass is 127. The Bertz CT molecular complexity index is 545. The average molecular weight is 403 g/mol. The van der Waals surface area contributed by atoms with E-state index in [1.54, 1.807) is 0 Å². The van der Waals surface area contributed by atoms with Gasteiger partial charge in [-0.1, -0.05) is 12.1 Å². The van der Waals surface area contributed by atoms with Crippen LogP contribution in [0.5, 0.6) is 0 Å². The highest BCUT2D eigenvalue weighted by Crippen LogP contribution is 2.08. The second-order valence-corrected chi connectivity index (χ2v) is 4.47. The predicted octanol–water partition coefficient (Wildman–Crippen LogP) is 0.891. The molecule has 1 aromatic carbocycles. The summed E-state index contributed by atoms with van der Waals surface area (Å²) < 4.78 is 0. The SMILES string of the molecule is Cc1cccc(NC(N)=NCCN2C(=O)CNC2=O)c1.I. The van der Waals surface area contributed by atoms with E-state index >= 15 is 0 Å². The van der Waals surface area contributed by atoms with E-state index in [4.69, 9.17) is 5.73 Å². The van der Waals surface area contributed by atoms with Crippen molar-refractivity contribution in [2.45, 2.75) is 6.92 Å².